The van der Waals surface area contributed by atoms with Crippen LogP contribution in [0.25, 0.3) is 0 Å². The van der Waals surface area contributed by atoms with Gasteiger partial charge in [0.05, 0.1) is 0 Å². The van der Waals surface area contributed by atoms with E-state index in [1.54, 1.807) is 0 Å². The molecule has 0 aliphatic carbocycles. The monoisotopic (exact) mass is 268 g/mol. The zero-order chi connectivity index (χ0) is 13.7. The molecule has 0 aliphatic rings. The van der Waals surface area contributed by atoms with Gasteiger partial charge in [0.2, 0.25) is 0 Å². The van der Waals surface area contributed by atoms with E-state index >= 15 is 0 Å². The number of hydrogen-bond acceptors (Lipinski definition) is 2. The summed E-state index contributed by atoms with van der Waals surface area (Å²) in [6, 6.07) is 6.78. The second kappa shape index (κ2) is 7.01. The third-order valence-corrected chi connectivity index (χ3v) is 3.44. The normalized spacial score (nSPS) is 11.3. The highest BCUT2D eigenvalue weighted by Gasteiger charge is 2.07. The van der Waals surface area contributed by atoms with Crippen molar-refractivity contribution in [2.75, 3.05) is 18.5 Å². The van der Waals surface area contributed by atoms with Gasteiger partial charge in [-0.2, -0.15) is 0 Å². The lowest BCUT2D eigenvalue weighted by molar-refractivity contribution is 0.552. The van der Waals surface area contributed by atoms with Crippen LogP contribution in [0.2, 0.25) is 5.02 Å². The zero-order valence-corrected chi connectivity index (χ0v) is 12.9. The smallest absolute Gasteiger partial charge is 0.0471 e. The van der Waals surface area contributed by atoms with Gasteiger partial charge in [-0.1, -0.05) is 31.5 Å². The van der Waals surface area contributed by atoms with Gasteiger partial charge in [0, 0.05) is 30.3 Å². The highest BCUT2D eigenvalue weighted by Crippen LogP contribution is 2.24. The summed E-state index contributed by atoms with van der Waals surface area (Å²) >= 11 is 6.33. The summed E-state index contributed by atoms with van der Waals surface area (Å²) in [5.41, 5.74) is 2.33. The number of nitrogens with one attached hydrogen (secondary N) is 1. The van der Waals surface area contributed by atoms with Gasteiger partial charge >= 0.3 is 0 Å². The summed E-state index contributed by atoms with van der Waals surface area (Å²) in [7, 11) is 2.09. The van der Waals surface area contributed by atoms with Gasteiger partial charge in [-0.3, -0.25) is 0 Å². The lowest BCUT2D eigenvalue weighted by atomic mass is 10.1. The van der Waals surface area contributed by atoms with Gasteiger partial charge in [-0.15, -0.1) is 0 Å². The molecule has 0 saturated heterocycles. The number of anilines is 1. The highest BCUT2D eigenvalue weighted by molar-refractivity contribution is 6.31. The zero-order valence-electron chi connectivity index (χ0n) is 12.1. The Kier molecular flexibility index (Phi) is 5.97. The molecule has 3 heteroatoms. The van der Waals surface area contributed by atoms with Crippen molar-refractivity contribution in [3.8, 4) is 0 Å². The van der Waals surface area contributed by atoms with E-state index in [1.807, 2.05) is 6.07 Å². The minimum absolute atomic E-state index is 0.478. The van der Waals surface area contributed by atoms with Crippen LogP contribution in [0.5, 0.6) is 0 Å². The molecule has 1 rings (SSSR count). The molecule has 0 heterocycles. The van der Waals surface area contributed by atoms with Crippen molar-refractivity contribution in [1.29, 1.82) is 0 Å². The van der Waals surface area contributed by atoms with Crippen LogP contribution in [-0.2, 0) is 6.54 Å². The standard InChI is InChI=1S/C15H25ClN2/c1-11(2)9-17-10-13-6-7-14(8-15(13)16)18(5)12(3)4/h6-8,11-12,17H,9-10H2,1-5H3. The Morgan fingerprint density at radius 1 is 1.22 bits per heavy atom. The van der Waals surface area contributed by atoms with Crippen LogP contribution in [0.15, 0.2) is 18.2 Å². The molecule has 0 aromatic heterocycles. The second-order valence-corrected chi connectivity index (χ2v) is 5.91. The summed E-state index contributed by atoms with van der Waals surface area (Å²) in [4.78, 5) is 2.22. The summed E-state index contributed by atoms with van der Waals surface area (Å²) in [5, 5.41) is 4.26. The number of hydrogen-bond donors (Lipinski definition) is 1. The molecule has 0 saturated carbocycles. The Balaban J connectivity index is 2.68. The maximum absolute atomic E-state index is 6.33. The van der Waals surface area contributed by atoms with Crippen LogP contribution in [0, 0.1) is 5.92 Å². The molecule has 2 nitrogen and oxygen atoms in total. The first-order valence-electron chi connectivity index (χ1n) is 6.63. The van der Waals surface area contributed by atoms with Crippen molar-refractivity contribution < 1.29 is 0 Å². The van der Waals surface area contributed by atoms with Crippen LogP contribution in [-0.4, -0.2) is 19.6 Å². The van der Waals surface area contributed by atoms with Crippen molar-refractivity contribution in [3.05, 3.63) is 28.8 Å². The third kappa shape index (κ3) is 4.51. The number of benzene rings is 1. The van der Waals surface area contributed by atoms with Crippen molar-refractivity contribution in [1.82, 2.24) is 5.32 Å². The Hall–Kier alpha value is -0.730. The fourth-order valence-corrected chi connectivity index (χ4v) is 1.93. The molecule has 0 radical (unpaired) electrons. The molecular formula is C15H25ClN2. The van der Waals surface area contributed by atoms with E-state index in [1.165, 1.54) is 11.3 Å². The Morgan fingerprint density at radius 2 is 1.89 bits per heavy atom. The van der Waals surface area contributed by atoms with E-state index in [0.717, 1.165) is 18.1 Å². The van der Waals surface area contributed by atoms with Crippen LogP contribution in [0.3, 0.4) is 0 Å². The van der Waals surface area contributed by atoms with Gasteiger partial charge in [0.15, 0.2) is 0 Å². The number of nitrogens with zero attached hydrogens (tertiary/aromatic N) is 1. The first-order chi connectivity index (χ1) is 8.41. The Morgan fingerprint density at radius 3 is 2.39 bits per heavy atom. The van der Waals surface area contributed by atoms with Crippen LogP contribution in [0.4, 0.5) is 5.69 Å². The van der Waals surface area contributed by atoms with Crippen molar-refractivity contribution in [2.24, 2.45) is 5.92 Å². The minimum Gasteiger partial charge on any atom is -0.372 e. The first-order valence-corrected chi connectivity index (χ1v) is 7.01. The molecule has 1 N–H and O–H groups in total. The van der Waals surface area contributed by atoms with Gasteiger partial charge in [-0.25, -0.2) is 0 Å². The molecule has 1 aromatic rings. The predicted molar refractivity (Wildman–Crippen MR) is 81.5 cm³/mol. The number of halogens is 1. The number of rotatable bonds is 6. The fraction of sp³-hybridized carbons (Fsp3) is 0.600. The van der Waals surface area contributed by atoms with Crippen molar-refractivity contribution in [3.63, 3.8) is 0 Å². The molecule has 0 fully saturated rings. The lowest BCUT2D eigenvalue weighted by Gasteiger charge is -2.24. The SMILES string of the molecule is CC(C)CNCc1ccc(N(C)C(C)C)cc1Cl. The molecule has 0 spiro atoms. The molecule has 0 atom stereocenters. The van der Waals surface area contributed by atoms with Crippen molar-refractivity contribution in [2.45, 2.75) is 40.3 Å². The lowest BCUT2D eigenvalue weighted by Crippen LogP contribution is -2.25. The summed E-state index contributed by atoms with van der Waals surface area (Å²) in [5.74, 6) is 0.662. The van der Waals surface area contributed by atoms with Crippen LogP contribution < -0.4 is 10.2 Å². The third-order valence-electron chi connectivity index (χ3n) is 3.09. The van der Waals surface area contributed by atoms with Gasteiger partial charge in [0.25, 0.3) is 0 Å². The molecule has 0 bridgehead atoms. The summed E-state index contributed by atoms with van der Waals surface area (Å²) < 4.78 is 0. The second-order valence-electron chi connectivity index (χ2n) is 5.51. The van der Waals surface area contributed by atoms with E-state index in [4.69, 9.17) is 11.6 Å². The first kappa shape index (κ1) is 15.3. The van der Waals surface area contributed by atoms with E-state index in [9.17, 15) is 0 Å². The van der Waals surface area contributed by atoms with Gasteiger partial charge in [0.1, 0.15) is 0 Å². The van der Waals surface area contributed by atoms with E-state index in [2.05, 4.69) is 57.1 Å². The van der Waals surface area contributed by atoms with E-state index < -0.39 is 0 Å². The molecule has 0 amide bonds. The van der Waals surface area contributed by atoms with Crippen molar-refractivity contribution >= 4 is 17.3 Å². The molecule has 102 valence electrons. The molecule has 0 unspecified atom stereocenters. The van der Waals surface area contributed by atoms with E-state index in [-0.39, 0.29) is 0 Å². The summed E-state index contributed by atoms with van der Waals surface area (Å²) in [6.07, 6.45) is 0. The quantitative estimate of drug-likeness (QED) is 0.841. The van der Waals surface area contributed by atoms with E-state index in [0.29, 0.717) is 12.0 Å². The average molecular weight is 269 g/mol. The molecular weight excluding hydrogens is 244 g/mol. The average Bonchev–Trinajstić information content (AvgIpc) is 2.29. The maximum atomic E-state index is 6.33. The maximum Gasteiger partial charge on any atom is 0.0471 e. The topological polar surface area (TPSA) is 15.3 Å². The van der Waals surface area contributed by atoms with Crippen LogP contribution in [0.1, 0.15) is 33.3 Å². The largest absolute Gasteiger partial charge is 0.372 e. The molecule has 0 aliphatic heterocycles. The minimum atomic E-state index is 0.478. The Bertz CT molecular complexity index is 375. The highest BCUT2D eigenvalue weighted by atomic mass is 35.5. The van der Waals surface area contributed by atoms with Gasteiger partial charge < -0.3 is 10.2 Å². The fourth-order valence-electron chi connectivity index (χ4n) is 1.69. The summed E-state index contributed by atoms with van der Waals surface area (Å²) in [6.45, 7) is 10.6. The molecule has 1 aromatic carbocycles. The Labute approximate surface area is 116 Å². The predicted octanol–water partition coefficient (Wildman–Crippen LogP) is 3.93. The molecule has 18 heavy (non-hydrogen) atoms. The van der Waals surface area contributed by atoms with Gasteiger partial charge in [-0.05, 0) is 44.0 Å². The van der Waals surface area contributed by atoms with Crippen LogP contribution >= 0.6 is 11.6 Å².